The molecule has 2 aliphatic rings. The van der Waals surface area contributed by atoms with Crippen molar-refractivity contribution in [1.29, 1.82) is 0 Å². The summed E-state index contributed by atoms with van der Waals surface area (Å²) in [6, 6.07) is 0.636. The van der Waals surface area contributed by atoms with Crippen molar-refractivity contribution in [1.82, 2.24) is 4.90 Å². The molecule has 3 unspecified atom stereocenters. The number of nitrogens with zero attached hydrogens (tertiary/aromatic N) is 1. The molecule has 1 aliphatic carbocycles. The van der Waals surface area contributed by atoms with E-state index < -0.39 is 5.97 Å². The number of hydrogen-bond acceptors (Lipinski definition) is 3. The first kappa shape index (κ1) is 10.9. The molecule has 1 aliphatic heterocycles. The minimum absolute atomic E-state index is 0.274. The molecule has 0 aromatic heterocycles. The molecule has 2 bridgehead atoms. The number of rotatable bonds is 4. The number of nitrogens with two attached hydrogens (primary N) is 1. The fourth-order valence-electron chi connectivity index (χ4n) is 3.13. The second-order valence-electron chi connectivity index (χ2n) is 4.86. The summed E-state index contributed by atoms with van der Waals surface area (Å²) >= 11 is 0. The highest BCUT2D eigenvalue weighted by Crippen LogP contribution is 2.38. The predicted octanol–water partition coefficient (Wildman–Crippen LogP) is 0.520. The first-order chi connectivity index (χ1) is 7.20. The minimum atomic E-state index is -0.688. The van der Waals surface area contributed by atoms with E-state index in [1.54, 1.807) is 0 Å². The third-order valence-corrected chi connectivity index (χ3v) is 4.01. The average molecular weight is 212 g/mol. The molecule has 0 aromatic carbocycles. The molecule has 4 heteroatoms. The van der Waals surface area contributed by atoms with Crippen LogP contribution < -0.4 is 5.73 Å². The van der Waals surface area contributed by atoms with E-state index in [1.165, 1.54) is 19.3 Å². The molecule has 3 atom stereocenters. The van der Waals surface area contributed by atoms with Gasteiger partial charge in [0.2, 0.25) is 0 Å². The molecule has 86 valence electrons. The molecule has 1 saturated heterocycles. The van der Waals surface area contributed by atoms with Crippen molar-refractivity contribution >= 4 is 5.97 Å². The summed E-state index contributed by atoms with van der Waals surface area (Å²) in [4.78, 5) is 12.9. The van der Waals surface area contributed by atoms with Crippen LogP contribution in [0.15, 0.2) is 0 Å². The van der Waals surface area contributed by atoms with Gasteiger partial charge in [-0.3, -0.25) is 9.69 Å². The Kier molecular flexibility index (Phi) is 3.26. The summed E-state index contributed by atoms with van der Waals surface area (Å²) in [5.74, 6) is 0.713. The highest BCUT2D eigenvalue weighted by Gasteiger charge is 2.39. The smallest absolute Gasteiger partial charge is 0.304 e. The van der Waals surface area contributed by atoms with E-state index in [1.807, 2.05) is 0 Å². The maximum Gasteiger partial charge on any atom is 0.304 e. The maximum atomic E-state index is 10.5. The summed E-state index contributed by atoms with van der Waals surface area (Å²) < 4.78 is 0. The maximum absolute atomic E-state index is 10.5. The van der Waals surface area contributed by atoms with Crippen molar-refractivity contribution in [3.63, 3.8) is 0 Å². The molecule has 4 nitrogen and oxygen atoms in total. The predicted molar refractivity (Wildman–Crippen MR) is 57.5 cm³/mol. The van der Waals surface area contributed by atoms with E-state index in [0.29, 0.717) is 18.5 Å². The van der Waals surface area contributed by atoms with Gasteiger partial charge in [0.1, 0.15) is 0 Å². The molecule has 2 rings (SSSR count). The summed E-state index contributed by atoms with van der Waals surface area (Å²) in [6.07, 6.45) is 3.95. The fraction of sp³-hybridized carbons (Fsp3) is 0.909. The van der Waals surface area contributed by atoms with E-state index in [2.05, 4.69) is 4.90 Å². The molecule has 2 fully saturated rings. The summed E-state index contributed by atoms with van der Waals surface area (Å²) in [6.45, 7) is 2.58. The molecule has 1 heterocycles. The van der Waals surface area contributed by atoms with Crippen LogP contribution in [0.25, 0.3) is 0 Å². The monoisotopic (exact) mass is 212 g/mol. The first-order valence-corrected chi connectivity index (χ1v) is 5.86. The van der Waals surface area contributed by atoms with Gasteiger partial charge < -0.3 is 10.8 Å². The summed E-state index contributed by atoms with van der Waals surface area (Å²) in [5, 5.41) is 8.67. The molecular weight excluding hydrogens is 192 g/mol. The number of carbonyl (C=O) groups is 1. The second-order valence-corrected chi connectivity index (χ2v) is 4.86. The first-order valence-electron chi connectivity index (χ1n) is 5.86. The number of likely N-dealkylation sites (tertiary alicyclic amines) is 1. The number of carboxylic acid groups (broad SMARTS) is 1. The summed E-state index contributed by atoms with van der Waals surface area (Å²) in [5.41, 5.74) is 5.74. The van der Waals surface area contributed by atoms with Gasteiger partial charge in [0.05, 0.1) is 6.42 Å². The van der Waals surface area contributed by atoms with Crippen LogP contribution in [-0.2, 0) is 4.79 Å². The van der Waals surface area contributed by atoms with Gasteiger partial charge in [0.15, 0.2) is 0 Å². The Morgan fingerprint density at radius 3 is 2.93 bits per heavy atom. The zero-order valence-corrected chi connectivity index (χ0v) is 9.06. The lowest BCUT2D eigenvalue weighted by Gasteiger charge is -2.27. The van der Waals surface area contributed by atoms with Gasteiger partial charge in [-0.1, -0.05) is 0 Å². The quantitative estimate of drug-likeness (QED) is 0.713. The number of aliphatic carboxylic acids is 1. The molecule has 1 saturated carbocycles. The molecule has 15 heavy (non-hydrogen) atoms. The van der Waals surface area contributed by atoms with Crippen LogP contribution in [0, 0.1) is 11.8 Å². The van der Waals surface area contributed by atoms with Crippen molar-refractivity contribution < 1.29 is 9.90 Å². The van der Waals surface area contributed by atoms with Crippen molar-refractivity contribution in [3.05, 3.63) is 0 Å². The minimum Gasteiger partial charge on any atom is -0.481 e. The van der Waals surface area contributed by atoms with Crippen molar-refractivity contribution in [3.8, 4) is 0 Å². The zero-order valence-electron chi connectivity index (χ0n) is 9.06. The zero-order chi connectivity index (χ0) is 10.8. The standard InChI is InChI=1S/C11H20N2O2/c12-6-8-1-2-10-5-9(8)7-13(10)4-3-11(14)15/h8-10H,1-7,12H2,(H,14,15). The van der Waals surface area contributed by atoms with Gasteiger partial charge in [-0.2, -0.15) is 0 Å². The third kappa shape index (κ3) is 2.32. The SMILES string of the molecule is NCC1CCC2CC1CN2CCC(=O)O. The molecule has 0 amide bonds. The topological polar surface area (TPSA) is 66.6 Å². The highest BCUT2D eigenvalue weighted by atomic mass is 16.4. The number of hydrogen-bond donors (Lipinski definition) is 2. The number of carboxylic acids is 1. The van der Waals surface area contributed by atoms with Crippen molar-refractivity contribution in [2.24, 2.45) is 17.6 Å². The van der Waals surface area contributed by atoms with Crippen LogP contribution in [-0.4, -0.2) is 41.7 Å². The van der Waals surface area contributed by atoms with Crippen molar-refractivity contribution in [2.75, 3.05) is 19.6 Å². The van der Waals surface area contributed by atoms with Gasteiger partial charge in [-0.05, 0) is 37.6 Å². The molecule has 0 aromatic rings. The normalized spacial score (nSPS) is 35.7. The van der Waals surface area contributed by atoms with Crippen molar-refractivity contribution in [2.45, 2.75) is 31.7 Å². The molecule has 3 N–H and O–H groups in total. The van der Waals surface area contributed by atoms with Gasteiger partial charge in [0, 0.05) is 19.1 Å². The van der Waals surface area contributed by atoms with Crippen LogP contribution in [0.3, 0.4) is 0 Å². The largest absolute Gasteiger partial charge is 0.481 e. The van der Waals surface area contributed by atoms with E-state index >= 15 is 0 Å². The van der Waals surface area contributed by atoms with Gasteiger partial charge in [-0.15, -0.1) is 0 Å². The van der Waals surface area contributed by atoms with Crippen LogP contribution in [0.2, 0.25) is 0 Å². The van der Waals surface area contributed by atoms with E-state index in [-0.39, 0.29) is 6.42 Å². The molecular formula is C11H20N2O2. The van der Waals surface area contributed by atoms with Crippen LogP contribution in [0.4, 0.5) is 0 Å². The van der Waals surface area contributed by atoms with Crippen LogP contribution >= 0.6 is 0 Å². The van der Waals surface area contributed by atoms with Gasteiger partial charge >= 0.3 is 5.97 Å². The lowest BCUT2D eigenvalue weighted by molar-refractivity contribution is -0.137. The Morgan fingerprint density at radius 2 is 2.27 bits per heavy atom. The lowest BCUT2D eigenvalue weighted by Crippen LogP contribution is -2.31. The Labute approximate surface area is 90.4 Å². The van der Waals surface area contributed by atoms with Crippen LogP contribution in [0.5, 0.6) is 0 Å². The van der Waals surface area contributed by atoms with Gasteiger partial charge in [0.25, 0.3) is 0 Å². The highest BCUT2D eigenvalue weighted by molar-refractivity contribution is 5.66. The fourth-order valence-corrected chi connectivity index (χ4v) is 3.13. The average Bonchev–Trinajstić information content (AvgIpc) is 2.54. The Hall–Kier alpha value is -0.610. The Morgan fingerprint density at radius 1 is 1.47 bits per heavy atom. The van der Waals surface area contributed by atoms with E-state index in [9.17, 15) is 4.79 Å². The molecule has 0 radical (unpaired) electrons. The second kappa shape index (κ2) is 4.49. The summed E-state index contributed by atoms with van der Waals surface area (Å²) in [7, 11) is 0. The Bertz CT molecular complexity index is 245. The van der Waals surface area contributed by atoms with E-state index in [4.69, 9.17) is 10.8 Å². The molecule has 0 spiro atoms. The van der Waals surface area contributed by atoms with Gasteiger partial charge in [-0.25, -0.2) is 0 Å². The number of fused-ring (bicyclic) bond motifs is 2. The third-order valence-electron chi connectivity index (χ3n) is 4.01. The van der Waals surface area contributed by atoms with E-state index in [0.717, 1.165) is 19.0 Å². The Balaban J connectivity index is 1.87. The van der Waals surface area contributed by atoms with Crippen LogP contribution in [0.1, 0.15) is 25.7 Å². The lowest BCUT2D eigenvalue weighted by atomic mass is 9.80.